The van der Waals surface area contributed by atoms with Gasteiger partial charge in [0.15, 0.2) is 0 Å². The molecule has 0 atom stereocenters. The van der Waals surface area contributed by atoms with Crippen LogP contribution >= 0.6 is 0 Å². The molecule has 3 aromatic heterocycles. The lowest BCUT2D eigenvalue weighted by Crippen LogP contribution is -2.23. The molecular weight excluding hydrogens is 342 g/mol. The van der Waals surface area contributed by atoms with Crippen molar-refractivity contribution in [1.29, 1.82) is 0 Å². The van der Waals surface area contributed by atoms with Crippen molar-refractivity contribution in [2.24, 2.45) is 0 Å². The minimum atomic E-state index is -0.187. The van der Waals surface area contributed by atoms with E-state index in [-0.39, 0.29) is 11.4 Å². The molecule has 0 N–H and O–H groups in total. The molecule has 27 heavy (non-hydrogen) atoms. The second-order valence-electron chi connectivity index (χ2n) is 6.30. The first-order valence-electron chi connectivity index (χ1n) is 8.49. The molecule has 4 aromatic rings. The minimum absolute atomic E-state index is 0.187. The summed E-state index contributed by atoms with van der Waals surface area (Å²) >= 11 is 0. The maximum atomic E-state index is 12.3. The lowest BCUT2D eigenvalue weighted by atomic mass is 10.1. The van der Waals surface area contributed by atoms with Gasteiger partial charge >= 0.3 is 0 Å². The van der Waals surface area contributed by atoms with Gasteiger partial charge in [0.1, 0.15) is 5.69 Å². The topological polar surface area (TPSA) is 86.7 Å². The van der Waals surface area contributed by atoms with Gasteiger partial charge in [-0.2, -0.15) is 10.1 Å². The van der Waals surface area contributed by atoms with Crippen molar-refractivity contribution >= 4 is 0 Å². The van der Waals surface area contributed by atoms with Crippen molar-refractivity contribution in [2.45, 2.75) is 20.4 Å². The average Bonchev–Trinajstić information content (AvgIpc) is 3.17. The smallest absolute Gasteiger partial charge is 0.278 e. The Hall–Kier alpha value is -3.61. The summed E-state index contributed by atoms with van der Waals surface area (Å²) < 4.78 is 6.74. The Morgan fingerprint density at radius 3 is 2.67 bits per heavy atom. The van der Waals surface area contributed by atoms with Crippen LogP contribution in [0.5, 0.6) is 0 Å². The highest BCUT2D eigenvalue weighted by atomic mass is 16.5. The van der Waals surface area contributed by atoms with E-state index in [0.29, 0.717) is 18.1 Å². The molecule has 0 radical (unpaired) electrons. The van der Waals surface area contributed by atoms with Gasteiger partial charge in [-0.3, -0.25) is 9.78 Å². The molecular formula is C20H17N5O2. The van der Waals surface area contributed by atoms with Gasteiger partial charge in [0.25, 0.3) is 11.4 Å². The number of hydrogen-bond acceptors (Lipinski definition) is 6. The van der Waals surface area contributed by atoms with Gasteiger partial charge < -0.3 is 4.52 Å². The summed E-state index contributed by atoms with van der Waals surface area (Å²) in [5.41, 5.74) is 4.35. The molecule has 0 aliphatic carbocycles. The summed E-state index contributed by atoms with van der Waals surface area (Å²) in [7, 11) is 0. The van der Waals surface area contributed by atoms with Gasteiger partial charge in [0.2, 0.25) is 5.82 Å². The van der Waals surface area contributed by atoms with Gasteiger partial charge in [-0.15, -0.1) is 0 Å². The summed E-state index contributed by atoms with van der Waals surface area (Å²) in [5.74, 6) is 0.706. The Labute approximate surface area is 155 Å². The zero-order valence-corrected chi connectivity index (χ0v) is 15.0. The zero-order chi connectivity index (χ0) is 18.8. The van der Waals surface area contributed by atoms with Crippen LogP contribution in [0.15, 0.2) is 64.2 Å². The fourth-order valence-electron chi connectivity index (χ4n) is 2.75. The van der Waals surface area contributed by atoms with Crippen LogP contribution in [0.2, 0.25) is 0 Å². The van der Waals surface area contributed by atoms with Gasteiger partial charge in [0, 0.05) is 24.0 Å². The molecule has 0 saturated carbocycles. The largest absolute Gasteiger partial charge is 0.332 e. The number of pyridine rings is 1. The third-order valence-electron chi connectivity index (χ3n) is 4.28. The first-order chi connectivity index (χ1) is 13.1. The number of hydrogen-bond donors (Lipinski definition) is 0. The maximum absolute atomic E-state index is 12.3. The highest BCUT2D eigenvalue weighted by Crippen LogP contribution is 2.19. The Morgan fingerprint density at radius 1 is 1.04 bits per heavy atom. The normalized spacial score (nSPS) is 10.9. The van der Waals surface area contributed by atoms with Crippen LogP contribution in [-0.4, -0.2) is 24.9 Å². The molecule has 0 saturated heterocycles. The van der Waals surface area contributed by atoms with Crippen LogP contribution in [0.1, 0.15) is 16.7 Å². The number of aromatic nitrogens is 5. The van der Waals surface area contributed by atoms with E-state index >= 15 is 0 Å². The fraction of sp³-hybridized carbons (Fsp3) is 0.150. The Balaban J connectivity index is 1.68. The predicted octanol–water partition coefficient (Wildman–Crippen LogP) is 3.02. The van der Waals surface area contributed by atoms with Gasteiger partial charge in [0.05, 0.1) is 6.54 Å². The second kappa shape index (κ2) is 6.95. The van der Waals surface area contributed by atoms with Crippen molar-refractivity contribution in [3.05, 3.63) is 81.9 Å². The zero-order valence-electron chi connectivity index (χ0n) is 15.0. The lowest BCUT2D eigenvalue weighted by Gasteiger charge is -2.09. The van der Waals surface area contributed by atoms with E-state index in [1.807, 2.05) is 26.0 Å². The molecule has 7 heteroatoms. The molecule has 3 heterocycles. The maximum Gasteiger partial charge on any atom is 0.278 e. The summed E-state index contributed by atoms with van der Waals surface area (Å²) in [4.78, 5) is 20.6. The molecule has 0 aliphatic heterocycles. The quantitative estimate of drug-likeness (QED) is 0.557. The molecule has 0 bridgehead atoms. The summed E-state index contributed by atoms with van der Waals surface area (Å²) in [5, 5.41) is 8.39. The number of rotatable bonds is 4. The molecule has 4 rings (SSSR count). The first-order valence-corrected chi connectivity index (χ1v) is 8.49. The fourth-order valence-corrected chi connectivity index (χ4v) is 2.75. The van der Waals surface area contributed by atoms with Crippen LogP contribution < -0.4 is 5.56 Å². The van der Waals surface area contributed by atoms with Gasteiger partial charge in [-0.25, -0.2) is 4.68 Å². The average molecular weight is 359 g/mol. The van der Waals surface area contributed by atoms with E-state index in [4.69, 9.17) is 4.52 Å². The molecule has 0 aliphatic rings. The van der Waals surface area contributed by atoms with Crippen molar-refractivity contribution in [3.8, 4) is 23.0 Å². The van der Waals surface area contributed by atoms with Crippen LogP contribution in [0.25, 0.3) is 23.0 Å². The van der Waals surface area contributed by atoms with Crippen LogP contribution in [-0.2, 0) is 6.54 Å². The van der Waals surface area contributed by atoms with E-state index in [0.717, 1.165) is 22.3 Å². The van der Waals surface area contributed by atoms with Crippen molar-refractivity contribution in [2.75, 3.05) is 0 Å². The Morgan fingerprint density at radius 2 is 1.85 bits per heavy atom. The SMILES string of the molecule is Cc1ccc(C)c(Cn2nc(-c3nc(-c4ccncc4)no3)ccc2=O)c1. The van der Waals surface area contributed by atoms with E-state index < -0.39 is 0 Å². The molecule has 0 fully saturated rings. The van der Waals surface area contributed by atoms with Crippen molar-refractivity contribution in [3.63, 3.8) is 0 Å². The van der Waals surface area contributed by atoms with Gasteiger partial charge in [-0.1, -0.05) is 28.9 Å². The highest BCUT2D eigenvalue weighted by Gasteiger charge is 2.13. The second-order valence-corrected chi connectivity index (χ2v) is 6.30. The lowest BCUT2D eigenvalue weighted by molar-refractivity contribution is 0.429. The molecule has 0 unspecified atom stereocenters. The third kappa shape index (κ3) is 3.52. The molecule has 0 spiro atoms. The standard InChI is InChI=1S/C20H17N5O2/c1-13-3-4-14(2)16(11-13)12-25-18(26)6-5-17(23-25)20-22-19(24-27-20)15-7-9-21-10-8-15/h3-11H,12H2,1-2H3. The minimum Gasteiger partial charge on any atom is -0.332 e. The van der Waals surface area contributed by atoms with Crippen molar-refractivity contribution in [1.82, 2.24) is 24.9 Å². The van der Waals surface area contributed by atoms with Crippen molar-refractivity contribution < 1.29 is 4.52 Å². The Kier molecular flexibility index (Phi) is 4.33. The molecule has 0 amide bonds. The molecule has 7 nitrogen and oxygen atoms in total. The number of benzene rings is 1. The van der Waals surface area contributed by atoms with Crippen LogP contribution in [0.4, 0.5) is 0 Å². The van der Waals surface area contributed by atoms with E-state index in [9.17, 15) is 4.79 Å². The van der Waals surface area contributed by atoms with E-state index in [2.05, 4.69) is 26.3 Å². The first kappa shape index (κ1) is 16.8. The predicted molar refractivity (Wildman–Crippen MR) is 100 cm³/mol. The van der Waals surface area contributed by atoms with Crippen LogP contribution in [0.3, 0.4) is 0 Å². The summed E-state index contributed by atoms with van der Waals surface area (Å²) in [6.45, 7) is 4.42. The van der Waals surface area contributed by atoms with E-state index in [1.165, 1.54) is 10.7 Å². The van der Waals surface area contributed by atoms with Gasteiger partial charge in [-0.05, 0) is 43.2 Å². The van der Waals surface area contributed by atoms with E-state index in [1.54, 1.807) is 30.6 Å². The van der Waals surface area contributed by atoms with Crippen LogP contribution in [0, 0.1) is 13.8 Å². The summed E-state index contributed by atoms with van der Waals surface area (Å²) in [6.07, 6.45) is 3.32. The number of aryl methyl sites for hydroxylation is 2. The number of nitrogens with zero attached hydrogens (tertiary/aromatic N) is 5. The molecule has 134 valence electrons. The summed E-state index contributed by atoms with van der Waals surface area (Å²) in [6, 6.07) is 12.8. The highest BCUT2D eigenvalue weighted by molar-refractivity contribution is 5.56. The third-order valence-corrected chi connectivity index (χ3v) is 4.28. The molecule has 1 aromatic carbocycles. The Bertz CT molecular complexity index is 1150. The monoisotopic (exact) mass is 359 g/mol.